The van der Waals surface area contributed by atoms with Gasteiger partial charge in [-0.3, -0.25) is 10.1 Å². The van der Waals surface area contributed by atoms with Crippen molar-refractivity contribution < 1.29 is 24.7 Å². The number of aliphatic carboxylic acids is 2. The number of nitrogens with one attached hydrogen (secondary N) is 1. The van der Waals surface area contributed by atoms with Gasteiger partial charge in [0.1, 0.15) is 0 Å². The summed E-state index contributed by atoms with van der Waals surface area (Å²) in [6.45, 7) is 0.758. The third-order valence-corrected chi connectivity index (χ3v) is 6.01. The van der Waals surface area contributed by atoms with Crippen LogP contribution in [0.15, 0.2) is 24.3 Å². The summed E-state index contributed by atoms with van der Waals surface area (Å²) in [6.07, 6.45) is 8.27. The van der Waals surface area contributed by atoms with Gasteiger partial charge in [0.15, 0.2) is 0 Å². The van der Waals surface area contributed by atoms with Crippen LogP contribution in [0.5, 0.6) is 0 Å². The molecule has 0 unspecified atom stereocenters. The zero-order chi connectivity index (χ0) is 19.6. The molecule has 4 fully saturated rings. The van der Waals surface area contributed by atoms with E-state index in [1.54, 1.807) is 18.2 Å². The summed E-state index contributed by atoms with van der Waals surface area (Å²) in [5.74, 6) is -0.874. The summed E-state index contributed by atoms with van der Waals surface area (Å²) in [7, 11) is 0. The molecule has 0 aliphatic heterocycles. The van der Waals surface area contributed by atoms with Crippen LogP contribution in [0.2, 0.25) is 0 Å². The first kappa shape index (κ1) is 19.3. The van der Waals surface area contributed by atoms with Crippen molar-refractivity contribution in [2.75, 3.05) is 0 Å². The first-order chi connectivity index (χ1) is 12.8. The van der Waals surface area contributed by atoms with Crippen LogP contribution in [0.3, 0.4) is 0 Å². The number of nitro benzene ring substituents is 1. The molecule has 4 bridgehead atoms. The van der Waals surface area contributed by atoms with Crippen molar-refractivity contribution in [2.45, 2.75) is 50.6 Å². The predicted octanol–water partition coefficient (Wildman–Crippen LogP) is 2.81. The number of carboxylic acids is 2. The highest BCUT2D eigenvalue weighted by atomic mass is 16.6. The molecule has 27 heavy (non-hydrogen) atoms. The minimum atomic E-state index is -1.82. The second kappa shape index (κ2) is 7.64. The van der Waals surface area contributed by atoms with Crippen LogP contribution in [0.4, 0.5) is 5.69 Å². The van der Waals surface area contributed by atoms with Crippen LogP contribution >= 0.6 is 0 Å². The van der Waals surface area contributed by atoms with Crippen LogP contribution in [0.25, 0.3) is 0 Å². The third-order valence-electron chi connectivity index (χ3n) is 6.01. The van der Waals surface area contributed by atoms with Gasteiger partial charge in [-0.2, -0.15) is 0 Å². The van der Waals surface area contributed by atoms with Gasteiger partial charge in [-0.1, -0.05) is 12.1 Å². The highest BCUT2D eigenvalue weighted by Gasteiger charge is 2.50. The smallest absolute Gasteiger partial charge is 0.414 e. The van der Waals surface area contributed by atoms with Gasteiger partial charge in [0.2, 0.25) is 0 Å². The molecule has 5 rings (SSSR count). The summed E-state index contributed by atoms with van der Waals surface area (Å²) in [6, 6.07) is 7.04. The number of nitro groups is 1. The number of nitrogens with zero attached hydrogens (tertiary/aromatic N) is 1. The summed E-state index contributed by atoms with van der Waals surface area (Å²) < 4.78 is 0. The Hall–Kier alpha value is -2.48. The summed E-state index contributed by atoms with van der Waals surface area (Å²) in [4.78, 5) is 28.8. The van der Waals surface area contributed by atoms with Crippen molar-refractivity contribution in [2.24, 2.45) is 17.8 Å². The lowest BCUT2D eigenvalue weighted by molar-refractivity contribution is -0.384. The van der Waals surface area contributed by atoms with Crippen LogP contribution in [0.1, 0.15) is 44.1 Å². The van der Waals surface area contributed by atoms with Crippen LogP contribution < -0.4 is 5.32 Å². The molecule has 3 N–H and O–H groups in total. The first-order valence-electron chi connectivity index (χ1n) is 9.21. The van der Waals surface area contributed by atoms with Gasteiger partial charge in [0, 0.05) is 24.2 Å². The molecular weight excluding hydrogens is 352 g/mol. The first-order valence-corrected chi connectivity index (χ1v) is 9.21. The fourth-order valence-electron chi connectivity index (χ4n) is 5.40. The van der Waals surface area contributed by atoms with E-state index in [1.165, 1.54) is 38.5 Å². The molecule has 8 heteroatoms. The Morgan fingerprint density at radius 1 is 1.07 bits per heavy atom. The van der Waals surface area contributed by atoms with Crippen molar-refractivity contribution >= 4 is 17.6 Å². The lowest BCUT2D eigenvalue weighted by Crippen LogP contribution is -2.58. The lowest BCUT2D eigenvalue weighted by atomic mass is 9.53. The SMILES string of the molecule is O=C(O)C(=O)O.O=[N+]([O-])c1cccc(CNC23CC4CC(CC(C4)C2)C3)c1. The van der Waals surface area contributed by atoms with Crippen molar-refractivity contribution in [3.05, 3.63) is 39.9 Å². The maximum atomic E-state index is 10.9. The number of carboxylic acid groups (broad SMARTS) is 2. The number of non-ortho nitro benzene ring substituents is 1. The molecule has 8 nitrogen and oxygen atoms in total. The van der Waals surface area contributed by atoms with Crippen LogP contribution in [-0.2, 0) is 16.1 Å². The molecule has 0 saturated heterocycles. The number of rotatable bonds is 4. The van der Waals surface area contributed by atoms with E-state index in [0.29, 0.717) is 5.54 Å². The second-order valence-electron chi connectivity index (χ2n) is 8.09. The van der Waals surface area contributed by atoms with Gasteiger partial charge < -0.3 is 15.5 Å². The molecule has 0 amide bonds. The molecule has 4 saturated carbocycles. The highest BCUT2D eigenvalue weighted by molar-refractivity contribution is 6.27. The van der Waals surface area contributed by atoms with E-state index in [2.05, 4.69) is 5.32 Å². The summed E-state index contributed by atoms with van der Waals surface area (Å²) in [5, 5.41) is 29.4. The number of hydrogen-bond donors (Lipinski definition) is 3. The summed E-state index contributed by atoms with van der Waals surface area (Å²) >= 11 is 0. The second-order valence-corrected chi connectivity index (χ2v) is 8.09. The number of carbonyl (C=O) groups is 2. The standard InChI is InChI=1S/C17H22N2O2.C2H2O4/c20-19(21)16-3-1-2-12(7-16)11-18-17-8-13-4-14(9-17)6-15(5-13)10-17;3-1(4)2(5)6/h1-3,7,13-15,18H,4-6,8-11H2;(H,3,4)(H,5,6). The van der Waals surface area contributed by atoms with Gasteiger partial charge >= 0.3 is 11.9 Å². The molecule has 0 spiro atoms. The maximum Gasteiger partial charge on any atom is 0.414 e. The molecule has 0 radical (unpaired) electrons. The monoisotopic (exact) mass is 376 g/mol. The fraction of sp³-hybridized carbons (Fsp3) is 0.579. The minimum absolute atomic E-state index is 0.194. The van der Waals surface area contributed by atoms with Gasteiger partial charge in [0.25, 0.3) is 5.69 Å². The normalized spacial score (nSPS) is 30.3. The van der Waals surface area contributed by atoms with Crippen molar-refractivity contribution in [3.63, 3.8) is 0 Å². The molecule has 1 aromatic rings. The van der Waals surface area contributed by atoms with Crippen molar-refractivity contribution in [1.82, 2.24) is 5.32 Å². The van der Waals surface area contributed by atoms with Gasteiger partial charge in [-0.05, 0) is 61.8 Å². The molecule has 0 heterocycles. The Morgan fingerprint density at radius 3 is 2.04 bits per heavy atom. The quantitative estimate of drug-likeness (QED) is 0.418. The van der Waals surface area contributed by atoms with Gasteiger partial charge in [0.05, 0.1) is 4.92 Å². The van der Waals surface area contributed by atoms with E-state index in [1.807, 2.05) is 6.07 Å². The maximum absolute atomic E-state index is 10.9. The van der Waals surface area contributed by atoms with E-state index < -0.39 is 11.9 Å². The Morgan fingerprint density at radius 2 is 1.59 bits per heavy atom. The molecule has 1 aromatic carbocycles. The fourth-order valence-corrected chi connectivity index (χ4v) is 5.40. The Labute approximate surface area is 156 Å². The minimum Gasteiger partial charge on any atom is -0.473 e. The molecule has 0 atom stereocenters. The van der Waals surface area contributed by atoms with E-state index in [0.717, 1.165) is 29.9 Å². The van der Waals surface area contributed by atoms with E-state index in [-0.39, 0.29) is 10.6 Å². The Kier molecular flexibility index (Phi) is 5.46. The molecule has 0 aromatic heterocycles. The summed E-state index contributed by atoms with van der Waals surface area (Å²) in [5.41, 5.74) is 1.54. The zero-order valence-electron chi connectivity index (χ0n) is 15.0. The highest BCUT2D eigenvalue weighted by Crippen LogP contribution is 2.55. The van der Waals surface area contributed by atoms with E-state index in [9.17, 15) is 10.1 Å². The largest absolute Gasteiger partial charge is 0.473 e. The van der Waals surface area contributed by atoms with Gasteiger partial charge in [-0.15, -0.1) is 0 Å². The lowest BCUT2D eigenvalue weighted by Gasteiger charge is -2.57. The van der Waals surface area contributed by atoms with Crippen molar-refractivity contribution in [1.29, 1.82) is 0 Å². The van der Waals surface area contributed by atoms with Crippen LogP contribution in [-0.4, -0.2) is 32.6 Å². The molecule has 4 aliphatic carbocycles. The molecule has 4 aliphatic rings. The van der Waals surface area contributed by atoms with Crippen molar-refractivity contribution in [3.8, 4) is 0 Å². The molecular formula is C19H24N2O6. The molecule has 146 valence electrons. The Bertz CT molecular complexity index is 700. The topological polar surface area (TPSA) is 130 Å². The average molecular weight is 376 g/mol. The third kappa shape index (κ3) is 4.63. The zero-order valence-corrected chi connectivity index (χ0v) is 15.0. The van der Waals surface area contributed by atoms with Gasteiger partial charge in [-0.25, -0.2) is 9.59 Å². The number of hydrogen-bond acceptors (Lipinski definition) is 5. The number of benzene rings is 1. The average Bonchev–Trinajstić information content (AvgIpc) is 2.59. The van der Waals surface area contributed by atoms with E-state index >= 15 is 0 Å². The Balaban J connectivity index is 0.000000307. The van der Waals surface area contributed by atoms with Crippen LogP contribution in [0, 0.1) is 27.9 Å². The van der Waals surface area contributed by atoms with E-state index in [4.69, 9.17) is 19.8 Å². The predicted molar refractivity (Wildman–Crippen MR) is 96.1 cm³/mol.